The van der Waals surface area contributed by atoms with E-state index in [1.807, 2.05) is 71.6 Å². The van der Waals surface area contributed by atoms with Gasteiger partial charge in [-0.1, -0.05) is 36.4 Å². The second-order valence-corrected chi connectivity index (χ2v) is 8.32. The first kappa shape index (κ1) is 19.4. The maximum atomic E-state index is 12.9. The molecule has 1 N–H and O–H groups in total. The van der Waals surface area contributed by atoms with Crippen LogP contribution in [0.25, 0.3) is 0 Å². The van der Waals surface area contributed by atoms with Crippen molar-refractivity contribution in [2.24, 2.45) is 0 Å². The predicted molar refractivity (Wildman–Crippen MR) is 120 cm³/mol. The number of anilines is 1. The Morgan fingerprint density at radius 3 is 2.55 bits per heavy atom. The molecule has 1 heterocycles. The SMILES string of the molecule is Cc1ccc(NC(=O)N2CCS[C@H]2c2cccc(Oc3ccccc3)c2)cc1C. The summed E-state index contributed by atoms with van der Waals surface area (Å²) in [5, 5.41) is 3.02. The highest BCUT2D eigenvalue weighted by Gasteiger charge is 2.31. The summed E-state index contributed by atoms with van der Waals surface area (Å²) in [5.41, 5.74) is 4.28. The zero-order chi connectivity index (χ0) is 20.2. The Morgan fingerprint density at radius 1 is 0.966 bits per heavy atom. The highest BCUT2D eigenvalue weighted by molar-refractivity contribution is 7.99. The van der Waals surface area contributed by atoms with E-state index in [0.29, 0.717) is 0 Å². The van der Waals surface area contributed by atoms with Gasteiger partial charge in [0.15, 0.2) is 0 Å². The molecular formula is C24H24N2O2S. The summed E-state index contributed by atoms with van der Waals surface area (Å²) in [6, 6.07) is 23.6. The number of aryl methyl sites for hydroxylation is 2. The summed E-state index contributed by atoms with van der Waals surface area (Å²) in [6.07, 6.45) is 0. The number of nitrogens with one attached hydrogen (secondary N) is 1. The molecule has 4 nitrogen and oxygen atoms in total. The van der Waals surface area contributed by atoms with Crippen LogP contribution in [0.1, 0.15) is 22.1 Å². The zero-order valence-corrected chi connectivity index (χ0v) is 17.4. The molecule has 1 saturated heterocycles. The molecule has 0 unspecified atom stereocenters. The van der Waals surface area contributed by atoms with E-state index in [-0.39, 0.29) is 11.4 Å². The first-order valence-corrected chi connectivity index (χ1v) is 10.7. The smallest absolute Gasteiger partial charge is 0.323 e. The van der Waals surface area contributed by atoms with Gasteiger partial charge in [0, 0.05) is 18.0 Å². The van der Waals surface area contributed by atoms with Gasteiger partial charge in [-0.15, -0.1) is 11.8 Å². The van der Waals surface area contributed by atoms with E-state index < -0.39 is 0 Å². The summed E-state index contributed by atoms with van der Waals surface area (Å²) in [4.78, 5) is 14.8. The van der Waals surface area contributed by atoms with Crippen molar-refractivity contribution in [2.75, 3.05) is 17.6 Å². The summed E-state index contributed by atoms with van der Waals surface area (Å²) in [6.45, 7) is 4.84. The number of rotatable bonds is 4. The summed E-state index contributed by atoms with van der Waals surface area (Å²) in [5.74, 6) is 2.48. The van der Waals surface area contributed by atoms with Crippen LogP contribution in [0.15, 0.2) is 72.8 Å². The van der Waals surface area contributed by atoms with Crippen LogP contribution in [0, 0.1) is 13.8 Å². The standard InChI is InChI=1S/C24H24N2O2S/c1-17-11-12-20(15-18(17)2)25-24(27)26-13-14-29-23(26)19-7-6-10-22(16-19)28-21-8-4-3-5-9-21/h3-12,15-16,23H,13-14H2,1-2H3,(H,25,27)/t23-/m0/s1. The molecule has 29 heavy (non-hydrogen) atoms. The number of benzene rings is 3. The van der Waals surface area contributed by atoms with E-state index in [2.05, 4.69) is 25.2 Å². The topological polar surface area (TPSA) is 41.6 Å². The fourth-order valence-corrected chi connectivity index (χ4v) is 4.57. The maximum absolute atomic E-state index is 12.9. The molecule has 0 bridgehead atoms. The van der Waals surface area contributed by atoms with Crippen LogP contribution < -0.4 is 10.1 Å². The molecule has 3 aromatic carbocycles. The van der Waals surface area contributed by atoms with Crippen LogP contribution >= 0.6 is 11.8 Å². The number of hydrogen-bond acceptors (Lipinski definition) is 3. The first-order chi connectivity index (χ1) is 14.1. The van der Waals surface area contributed by atoms with Crippen LogP contribution in [0.4, 0.5) is 10.5 Å². The molecule has 1 aliphatic heterocycles. The molecule has 0 radical (unpaired) electrons. The van der Waals surface area contributed by atoms with Crippen molar-refractivity contribution in [1.29, 1.82) is 0 Å². The Balaban J connectivity index is 1.49. The molecule has 0 aromatic heterocycles. The molecule has 5 heteroatoms. The number of carbonyl (C=O) groups excluding carboxylic acids is 1. The molecule has 0 saturated carbocycles. The Labute approximate surface area is 175 Å². The third-order valence-corrected chi connectivity index (χ3v) is 6.29. The number of ether oxygens (including phenoxy) is 1. The number of nitrogens with zero attached hydrogens (tertiary/aromatic N) is 1. The molecule has 1 atom stereocenters. The maximum Gasteiger partial charge on any atom is 0.323 e. The lowest BCUT2D eigenvalue weighted by atomic mass is 10.1. The highest BCUT2D eigenvalue weighted by atomic mass is 32.2. The van der Waals surface area contributed by atoms with Gasteiger partial charge in [0.2, 0.25) is 0 Å². The quantitative estimate of drug-likeness (QED) is 0.549. The summed E-state index contributed by atoms with van der Waals surface area (Å²) in [7, 11) is 0. The number of urea groups is 1. The Morgan fingerprint density at radius 2 is 1.76 bits per heavy atom. The number of amides is 2. The minimum absolute atomic E-state index is 0.0270. The van der Waals surface area contributed by atoms with Crippen molar-refractivity contribution in [3.05, 3.63) is 89.5 Å². The van der Waals surface area contributed by atoms with E-state index in [4.69, 9.17) is 4.74 Å². The molecule has 1 aliphatic rings. The van der Waals surface area contributed by atoms with E-state index in [9.17, 15) is 4.79 Å². The van der Waals surface area contributed by atoms with Crippen molar-refractivity contribution in [3.8, 4) is 11.5 Å². The van der Waals surface area contributed by atoms with E-state index >= 15 is 0 Å². The Hall–Kier alpha value is -2.92. The van der Waals surface area contributed by atoms with Crippen LogP contribution in [0.3, 0.4) is 0 Å². The van der Waals surface area contributed by atoms with Gasteiger partial charge in [-0.2, -0.15) is 0 Å². The van der Waals surface area contributed by atoms with Crippen LogP contribution in [0.2, 0.25) is 0 Å². The second-order valence-electron chi connectivity index (χ2n) is 7.13. The Bertz CT molecular complexity index is 1010. The normalized spacial score (nSPS) is 15.9. The van der Waals surface area contributed by atoms with Gasteiger partial charge in [0.25, 0.3) is 0 Å². The lowest BCUT2D eigenvalue weighted by Crippen LogP contribution is -2.34. The average molecular weight is 405 g/mol. The first-order valence-electron chi connectivity index (χ1n) is 9.69. The molecule has 0 spiro atoms. The van der Waals surface area contributed by atoms with E-state index in [1.54, 1.807) is 11.8 Å². The summed E-state index contributed by atoms with van der Waals surface area (Å²) >= 11 is 1.77. The molecular weight excluding hydrogens is 380 g/mol. The number of thioether (sulfide) groups is 1. The van der Waals surface area contributed by atoms with Crippen molar-refractivity contribution >= 4 is 23.5 Å². The number of carbonyl (C=O) groups is 1. The number of hydrogen-bond donors (Lipinski definition) is 1. The fourth-order valence-electron chi connectivity index (χ4n) is 3.32. The molecule has 1 fully saturated rings. The van der Waals surface area contributed by atoms with Crippen LogP contribution in [0.5, 0.6) is 11.5 Å². The fraction of sp³-hybridized carbons (Fsp3) is 0.208. The van der Waals surface area contributed by atoms with Gasteiger partial charge in [0.1, 0.15) is 16.9 Å². The molecule has 3 aromatic rings. The van der Waals surface area contributed by atoms with Gasteiger partial charge >= 0.3 is 6.03 Å². The zero-order valence-electron chi connectivity index (χ0n) is 16.6. The molecule has 4 rings (SSSR count). The van der Waals surface area contributed by atoms with E-state index in [0.717, 1.165) is 35.0 Å². The molecule has 148 valence electrons. The van der Waals surface area contributed by atoms with Crippen LogP contribution in [-0.4, -0.2) is 23.2 Å². The van der Waals surface area contributed by atoms with Gasteiger partial charge in [-0.05, 0) is 66.9 Å². The monoisotopic (exact) mass is 404 g/mol. The van der Waals surface area contributed by atoms with Gasteiger partial charge in [-0.3, -0.25) is 0 Å². The Kier molecular flexibility index (Phi) is 5.76. The molecule has 2 amide bonds. The third kappa shape index (κ3) is 4.57. The highest BCUT2D eigenvalue weighted by Crippen LogP contribution is 2.39. The minimum Gasteiger partial charge on any atom is -0.457 e. The minimum atomic E-state index is -0.0716. The van der Waals surface area contributed by atoms with Crippen molar-refractivity contribution in [1.82, 2.24) is 4.90 Å². The van der Waals surface area contributed by atoms with E-state index in [1.165, 1.54) is 11.1 Å². The second kappa shape index (κ2) is 8.62. The predicted octanol–water partition coefficient (Wildman–Crippen LogP) is 6.38. The largest absolute Gasteiger partial charge is 0.457 e. The number of para-hydroxylation sites is 1. The van der Waals surface area contributed by atoms with Crippen molar-refractivity contribution in [3.63, 3.8) is 0 Å². The van der Waals surface area contributed by atoms with Crippen molar-refractivity contribution < 1.29 is 9.53 Å². The third-order valence-electron chi connectivity index (χ3n) is 5.03. The van der Waals surface area contributed by atoms with Gasteiger partial charge in [0.05, 0.1) is 0 Å². The van der Waals surface area contributed by atoms with Gasteiger partial charge in [-0.25, -0.2) is 4.79 Å². The lowest BCUT2D eigenvalue weighted by Gasteiger charge is -2.25. The van der Waals surface area contributed by atoms with Gasteiger partial charge < -0.3 is 15.0 Å². The van der Waals surface area contributed by atoms with Crippen LogP contribution in [-0.2, 0) is 0 Å². The lowest BCUT2D eigenvalue weighted by molar-refractivity contribution is 0.214. The molecule has 0 aliphatic carbocycles. The van der Waals surface area contributed by atoms with Crippen molar-refractivity contribution in [2.45, 2.75) is 19.2 Å². The summed E-state index contributed by atoms with van der Waals surface area (Å²) < 4.78 is 5.97. The average Bonchev–Trinajstić information content (AvgIpc) is 3.22.